The Morgan fingerprint density at radius 2 is 1.85 bits per heavy atom. The second-order valence-electron chi connectivity index (χ2n) is 6.47. The van der Waals surface area contributed by atoms with Crippen molar-refractivity contribution in [2.24, 2.45) is 4.99 Å². The molecule has 1 saturated heterocycles. The SMILES string of the molecule is CCN1CCN(CCNC(=NC)NCc2ccc(F)cc2CSC)CC1.I. The first-order valence-electron chi connectivity index (χ1n) is 9.31. The minimum atomic E-state index is -0.177. The van der Waals surface area contributed by atoms with Gasteiger partial charge in [0.1, 0.15) is 5.82 Å². The lowest BCUT2D eigenvalue weighted by atomic mass is 10.1. The zero-order chi connectivity index (χ0) is 18.8. The second kappa shape index (κ2) is 13.6. The van der Waals surface area contributed by atoms with E-state index in [0.717, 1.165) is 68.7 Å². The maximum absolute atomic E-state index is 13.5. The van der Waals surface area contributed by atoms with E-state index in [0.29, 0.717) is 6.54 Å². The third kappa shape index (κ3) is 8.53. The molecule has 0 atom stereocenters. The molecule has 8 heteroatoms. The highest BCUT2D eigenvalue weighted by atomic mass is 127. The number of likely N-dealkylation sites (N-methyl/N-ethyl adjacent to an activating group) is 1. The van der Waals surface area contributed by atoms with Gasteiger partial charge in [-0.1, -0.05) is 13.0 Å². The first kappa shape index (κ1) is 24.5. The summed E-state index contributed by atoms with van der Waals surface area (Å²) < 4.78 is 13.5. The Bertz CT molecular complexity index is 579. The Labute approximate surface area is 184 Å². The van der Waals surface area contributed by atoms with Gasteiger partial charge in [-0.05, 0) is 36.1 Å². The molecule has 0 amide bonds. The maximum Gasteiger partial charge on any atom is 0.191 e. The van der Waals surface area contributed by atoms with Crippen LogP contribution in [0.4, 0.5) is 4.39 Å². The molecule has 1 fully saturated rings. The highest BCUT2D eigenvalue weighted by molar-refractivity contribution is 14.0. The molecular formula is C19H33FIN5S. The number of aliphatic imine (C=N–C) groups is 1. The van der Waals surface area contributed by atoms with E-state index >= 15 is 0 Å². The van der Waals surface area contributed by atoms with Crippen LogP contribution in [0.3, 0.4) is 0 Å². The largest absolute Gasteiger partial charge is 0.355 e. The molecule has 0 aromatic heterocycles. The van der Waals surface area contributed by atoms with Gasteiger partial charge < -0.3 is 15.5 Å². The summed E-state index contributed by atoms with van der Waals surface area (Å²) in [6, 6.07) is 5.00. The summed E-state index contributed by atoms with van der Waals surface area (Å²) >= 11 is 1.70. The average Bonchev–Trinajstić information content (AvgIpc) is 2.66. The van der Waals surface area contributed by atoms with E-state index in [2.05, 4.69) is 32.3 Å². The van der Waals surface area contributed by atoms with E-state index in [1.807, 2.05) is 12.3 Å². The van der Waals surface area contributed by atoms with Crippen molar-refractivity contribution in [2.45, 2.75) is 19.2 Å². The van der Waals surface area contributed by atoms with Gasteiger partial charge in [0.15, 0.2) is 5.96 Å². The van der Waals surface area contributed by atoms with E-state index in [4.69, 9.17) is 0 Å². The van der Waals surface area contributed by atoms with Gasteiger partial charge in [-0.2, -0.15) is 11.8 Å². The smallest absolute Gasteiger partial charge is 0.191 e. The standard InChI is InChI=1S/C19H32FN5S.HI/c1-4-24-9-11-25(12-10-24)8-7-22-19(21-2)23-14-16-5-6-18(20)13-17(16)15-26-3;/h5-6,13H,4,7-12,14-15H2,1-3H3,(H2,21,22,23);1H. The number of halogens is 2. The predicted octanol–water partition coefficient (Wildman–Crippen LogP) is 2.61. The topological polar surface area (TPSA) is 42.9 Å². The molecule has 1 heterocycles. The molecule has 27 heavy (non-hydrogen) atoms. The van der Waals surface area contributed by atoms with Crippen LogP contribution in [0.5, 0.6) is 0 Å². The maximum atomic E-state index is 13.5. The molecule has 0 radical (unpaired) electrons. The number of benzene rings is 1. The number of piperazine rings is 1. The van der Waals surface area contributed by atoms with Crippen LogP contribution in [0.1, 0.15) is 18.1 Å². The summed E-state index contributed by atoms with van der Waals surface area (Å²) in [4.78, 5) is 9.27. The van der Waals surface area contributed by atoms with Gasteiger partial charge in [-0.15, -0.1) is 24.0 Å². The number of hydrogen-bond donors (Lipinski definition) is 2. The van der Waals surface area contributed by atoms with E-state index in [9.17, 15) is 4.39 Å². The average molecular weight is 509 g/mol. The molecule has 1 aromatic rings. The monoisotopic (exact) mass is 509 g/mol. The number of hydrogen-bond acceptors (Lipinski definition) is 4. The van der Waals surface area contributed by atoms with Gasteiger partial charge in [-0.25, -0.2) is 4.39 Å². The van der Waals surface area contributed by atoms with E-state index in [-0.39, 0.29) is 29.8 Å². The van der Waals surface area contributed by atoms with Crippen LogP contribution in [0.2, 0.25) is 0 Å². The van der Waals surface area contributed by atoms with Crippen molar-refractivity contribution in [2.75, 3.05) is 59.1 Å². The van der Waals surface area contributed by atoms with Crippen LogP contribution >= 0.6 is 35.7 Å². The zero-order valence-electron chi connectivity index (χ0n) is 16.6. The summed E-state index contributed by atoms with van der Waals surface area (Å²) in [6.07, 6.45) is 2.03. The van der Waals surface area contributed by atoms with Gasteiger partial charge in [-0.3, -0.25) is 9.89 Å². The Hall–Kier alpha value is -0.580. The number of nitrogens with one attached hydrogen (secondary N) is 2. The van der Waals surface area contributed by atoms with Crippen molar-refractivity contribution in [1.82, 2.24) is 20.4 Å². The fraction of sp³-hybridized carbons (Fsp3) is 0.632. The van der Waals surface area contributed by atoms with Gasteiger partial charge in [0.2, 0.25) is 0 Å². The lowest BCUT2D eigenvalue weighted by molar-refractivity contribution is 0.139. The third-order valence-corrected chi connectivity index (χ3v) is 5.37. The van der Waals surface area contributed by atoms with Crippen molar-refractivity contribution in [3.63, 3.8) is 0 Å². The van der Waals surface area contributed by atoms with Gasteiger partial charge >= 0.3 is 0 Å². The quantitative estimate of drug-likeness (QED) is 0.321. The first-order valence-corrected chi connectivity index (χ1v) is 10.7. The number of nitrogens with zero attached hydrogens (tertiary/aromatic N) is 3. The Morgan fingerprint density at radius 3 is 2.48 bits per heavy atom. The molecule has 0 bridgehead atoms. The molecule has 2 rings (SSSR count). The van der Waals surface area contributed by atoms with Crippen molar-refractivity contribution in [3.05, 3.63) is 35.1 Å². The molecule has 0 saturated carbocycles. The highest BCUT2D eigenvalue weighted by Crippen LogP contribution is 2.16. The van der Waals surface area contributed by atoms with Crippen LogP contribution in [-0.4, -0.2) is 74.9 Å². The molecule has 5 nitrogen and oxygen atoms in total. The number of thioether (sulfide) groups is 1. The van der Waals surface area contributed by atoms with Crippen molar-refractivity contribution in [1.29, 1.82) is 0 Å². The normalized spacial score (nSPS) is 16.1. The molecule has 1 aliphatic heterocycles. The van der Waals surface area contributed by atoms with Crippen LogP contribution in [-0.2, 0) is 12.3 Å². The minimum Gasteiger partial charge on any atom is -0.355 e. The molecule has 0 spiro atoms. The molecule has 1 aromatic carbocycles. The molecular weight excluding hydrogens is 476 g/mol. The summed E-state index contributed by atoms with van der Waals surface area (Å²) in [5.41, 5.74) is 2.15. The molecule has 0 aliphatic carbocycles. The Kier molecular flexibility index (Phi) is 12.3. The fourth-order valence-corrected chi connectivity index (χ4v) is 3.70. The Balaban J connectivity index is 0.00000364. The molecule has 1 aliphatic rings. The van der Waals surface area contributed by atoms with Gasteiger partial charge in [0.25, 0.3) is 0 Å². The van der Waals surface area contributed by atoms with Crippen molar-refractivity contribution < 1.29 is 4.39 Å². The lowest BCUT2D eigenvalue weighted by Crippen LogP contribution is -2.49. The minimum absolute atomic E-state index is 0. The summed E-state index contributed by atoms with van der Waals surface area (Å²) in [5.74, 6) is 1.42. The second-order valence-corrected chi connectivity index (χ2v) is 7.34. The van der Waals surface area contributed by atoms with Crippen LogP contribution < -0.4 is 10.6 Å². The fourth-order valence-electron chi connectivity index (χ4n) is 3.12. The van der Waals surface area contributed by atoms with Crippen LogP contribution in [0, 0.1) is 5.82 Å². The third-order valence-electron chi connectivity index (χ3n) is 4.77. The molecule has 154 valence electrons. The van der Waals surface area contributed by atoms with E-state index < -0.39 is 0 Å². The number of guanidine groups is 1. The van der Waals surface area contributed by atoms with Crippen molar-refractivity contribution in [3.8, 4) is 0 Å². The van der Waals surface area contributed by atoms with Crippen LogP contribution in [0.15, 0.2) is 23.2 Å². The zero-order valence-corrected chi connectivity index (χ0v) is 19.8. The van der Waals surface area contributed by atoms with Crippen molar-refractivity contribution >= 4 is 41.7 Å². The molecule has 2 N–H and O–H groups in total. The lowest BCUT2D eigenvalue weighted by Gasteiger charge is -2.34. The van der Waals surface area contributed by atoms with Gasteiger partial charge in [0.05, 0.1) is 0 Å². The van der Waals surface area contributed by atoms with E-state index in [1.165, 1.54) is 6.07 Å². The van der Waals surface area contributed by atoms with Gasteiger partial charge in [0, 0.05) is 58.6 Å². The van der Waals surface area contributed by atoms with Crippen LogP contribution in [0.25, 0.3) is 0 Å². The summed E-state index contributed by atoms with van der Waals surface area (Å²) in [5, 5.41) is 6.72. The summed E-state index contributed by atoms with van der Waals surface area (Å²) in [6.45, 7) is 10.5. The highest BCUT2D eigenvalue weighted by Gasteiger charge is 2.14. The van der Waals surface area contributed by atoms with E-state index in [1.54, 1.807) is 24.9 Å². The number of rotatable bonds is 8. The molecule has 0 unspecified atom stereocenters. The predicted molar refractivity (Wildman–Crippen MR) is 126 cm³/mol. The Morgan fingerprint density at radius 1 is 1.15 bits per heavy atom. The summed E-state index contributed by atoms with van der Waals surface area (Å²) in [7, 11) is 1.78. The first-order chi connectivity index (χ1) is 12.7.